The average Bonchev–Trinajstić information content (AvgIpc) is 2.49. The molecule has 0 aliphatic heterocycles. The van der Waals surface area contributed by atoms with Crippen LogP contribution in [0, 0.1) is 0 Å². The van der Waals surface area contributed by atoms with Crippen LogP contribution in [0.5, 0.6) is 0 Å². The zero-order chi connectivity index (χ0) is 16.1. The van der Waals surface area contributed by atoms with E-state index in [0.29, 0.717) is 20.6 Å². The van der Waals surface area contributed by atoms with E-state index in [2.05, 4.69) is 4.98 Å². The van der Waals surface area contributed by atoms with Crippen LogP contribution >= 0.6 is 35.0 Å². The van der Waals surface area contributed by atoms with Crippen molar-refractivity contribution in [2.75, 3.05) is 5.75 Å². The summed E-state index contributed by atoms with van der Waals surface area (Å²) in [5, 5.41) is 10.4. The molecule has 0 atom stereocenters. The monoisotopic (exact) mass is 355 g/mol. The predicted octanol–water partition coefficient (Wildman–Crippen LogP) is 3.99. The lowest BCUT2D eigenvalue weighted by atomic mass is 10.1. The van der Waals surface area contributed by atoms with Crippen LogP contribution in [0.15, 0.2) is 41.6 Å². The van der Waals surface area contributed by atoms with Gasteiger partial charge in [0.05, 0.1) is 11.3 Å². The van der Waals surface area contributed by atoms with Crippen molar-refractivity contribution in [2.45, 2.75) is 11.4 Å². The Balaban J connectivity index is 2.02. The third-order valence-electron chi connectivity index (χ3n) is 2.77. The highest BCUT2D eigenvalue weighted by Gasteiger charge is 2.14. The number of halogens is 2. The van der Waals surface area contributed by atoms with Gasteiger partial charge < -0.3 is 5.11 Å². The number of thioether (sulfide) groups is 1. The summed E-state index contributed by atoms with van der Waals surface area (Å²) in [5.41, 5.74) is 0.736. The zero-order valence-electron chi connectivity index (χ0n) is 11.3. The van der Waals surface area contributed by atoms with Crippen LogP contribution < -0.4 is 0 Å². The van der Waals surface area contributed by atoms with Gasteiger partial charge in [-0.05, 0) is 35.9 Å². The van der Waals surface area contributed by atoms with E-state index in [4.69, 9.17) is 28.3 Å². The van der Waals surface area contributed by atoms with Crippen molar-refractivity contribution in [2.24, 2.45) is 0 Å². The van der Waals surface area contributed by atoms with E-state index in [1.54, 1.807) is 24.3 Å². The van der Waals surface area contributed by atoms with Crippen molar-refractivity contribution in [3.8, 4) is 0 Å². The lowest BCUT2D eigenvalue weighted by Crippen LogP contribution is -2.08. The highest BCUT2D eigenvalue weighted by molar-refractivity contribution is 8.00. The molecule has 2 rings (SSSR count). The molecule has 0 saturated heterocycles. The summed E-state index contributed by atoms with van der Waals surface area (Å²) in [6.07, 6.45) is 1.63. The van der Waals surface area contributed by atoms with Gasteiger partial charge in [0.15, 0.2) is 0 Å². The van der Waals surface area contributed by atoms with Crippen molar-refractivity contribution in [1.29, 1.82) is 0 Å². The Hall–Kier alpha value is -1.56. The number of carbonyl (C=O) groups is 2. The molecular formula is C15H11Cl2NO3S. The van der Waals surface area contributed by atoms with Gasteiger partial charge in [-0.15, -0.1) is 0 Å². The second-order valence-corrected chi connectivity index (χ2v) is 6.21. The number of nitrogens with zero attached hydrogens (tertiary/aromatic N) is 1. The number of hydrogen-bond acceptors (Lipinski definition) is 4. The maximum Gasteiger partial charge on any atom is 0.338 e. The van der Waals surface area contributed by atoms with Crippen molar-refractivity contribution < 1.29 is 14.7 Å². The van der Waals surface area contributed by atoms with Crippen LogP contribution in [0.2, 0.25) is 10.0 Å². The number of carboxylic acid groups (broad SMARTS) is 1. The second kappa shape index (κ2) is 7.63. The van der Waals surface area contributed by atoms with Gasteiger partial charge in [0, 0.05) is 22.7 Å². The number of benzene rings is 1. The number of rotatable bonds is 6. The SMILES string of the molecule is O=C(CSc1ncccc1C(=O)O)Cc1cc(Cl)ccc1Cl. The maximum atomic E-state index is 12.0. The largest absolute Gasteiger partial charge is 0.478 e. The van der Waals surface area contributed by atoms with Crippen LogP contribution in [-0.2, 0) is 11.2 Å². The summed E-state index contributed by atoms with van der Waals surface area (Å²) in [5.74, 6) is -1.04. The molecule has 22 heavy (non-hydrogen) atoms. The van der Waals surface area contributed by atoms with Crippen LogP contribution in [0.25, 0.3) is 0 Å². The molecule has 114 valence electrons. The van der Waals surface area contributed by atoms with Gasteiger partial charge >= 0.3 is 5.97 Å². The molecule has 0 aliphatic carbocycles. The van der Waals surface area contributed by atoms with E-state index in [0.717, 1.165) is 11.8 Å². The fourth-order valence-corrected chi connectivity index (χ4v) is 2.98. The Kier molecular flexibility index (Phi) is 5.83. The number of aromatic nitrogens is 1. The molecule has 1 aromatic carbocycles. The quantitative estimate of drug-likeness (QED) is 0.793. The van der Waals surface area contributed by atoms with Crippen molar-refractivity contribution in [3.05, 3.63) is 57.7 Å². The van der Waals surface area contributed by atoms with Crippen LogP contribution in [0.3, 0.4) is 0 Å². The Bertz CT molecular complexity index is 722. The summed E-state index contributed by atoms with van der Waals surface area (Å²) in [6, 6.07) is 7.94. The normalized spacial score (nSPS) is 10.5. The van der Waals surface area contributed by atoms with Crippen molar-refractivity contribution in [3.63, 3.8) is 0 Å². The number of ketones is 1. The molecule has 1 N–H and O–H groups in total. The topological polar surface area (TPSA) is 67.3 Å². The summed E-state index contributed by atoms with van der Waals surface area (Å²) in [4.78, 5) is 27.1. The number of carboxylic acids is 1. The van der Waals surface area contributed by atoms with Crippen molar-refractivity contribution in [1.82, 2.24) is 4.98 Å². The number of hydrogen-bond donors (Lipinski definition) is 1. The number of Topliss-reactive ketones (excluding diaryl/α,β-unsaturated/α-hetero) is 1. The van der Waals surface area contributed by atoms with Gasteiger partial charge in [-0.3, -0.25) is 4.79 Å². The third-order valence-corrected chi connectivity index (χ3v) is 4.44. The first kappa shape index (κ1) is 16.8. The van der Waals surface area contributed by atoms with Crippen molar-refractivity contribution >= 4 is 46.7 Å². The molecule has 0 spiro atoms. The van der Waals surface area contributed by atoms with Gasteiger partial charge in [0.1, 0.15) is 10.8 Å². The minimum absolute atomic E-state index is 0.0843. The molecule has 0 radical (unpaired) electrons. The molecule has 0 bridgehead atoms. The summed E-state index contributed by atoms with van der Waals surface area (Å²) in [6.45, 7) is 0. The van der Waals surface area contributed by atoms with Gasteiger partial charge in [-0.1, -0.05) is 35.0 Å². The summed E-state index contributed by atoms with van der Waals surface area (Å²) in [7, 11) is 0. The van der Waals surface area contributed by atoms with E-state index in [-0.39, 0.29) is 23.5 Å². The molecule has 0 fully saturated rings. The Morgan fingerprint density at radius 2 is 2.00 bits per heavy atom. The Morgan fingerprint density at radius 3 is 2.73 bits per heavy atom. The summed E-state index contributed by atoms with van der Waals surface area (Å²) < 4.78 is 0. The first-order chi connectivity index (χ1) is 10.5. The molecule has 0 amide bonds. The molecule has 1 aromatic heterocycles. The van der Waals surface area contributed by atoms with Crippen LogP contribution in [0.4, 0.5) is 0 Å². The highest BCUT2D eigenvalue weighted by atomic mass is 35.5. The Labute approximate surface area is 141 Å². The maximum absolute atomic E-state index is 12.0. The van der Waals surface area contributed by atoms with E-state index in [1.807, 2.05) is 0 Å². The molecule has 0 saturated carbocycles. The molecular weight excluding hydrogens is 345 g/mol. The smallest absolute Gasteiger partial charge is 0.338 e. The number of carbonyl (C=O) groups excluding carboxylic acids is 1. The van der Waals surface area contributed by atoms with Gasteiger partial charge in [-0.2, -0.15) is 0 Å². The standard InChI is InChI=1S/C15H11Cl2NO3S/c16-10-3-4-13(17)9(6-10)7-11(19)8-22-14-12(15(20)21)2-1-5-18-14/h1-6H,7-8H2,(H,20,21). The molecule has 2 aromatic rings. The fraction of sp³-hybridized carbons (Fsp3) is 0.133. The second-order valence-electron chi connectivity index (χ2n) is 4.40. The van der Waals surface area contributed by atoms with Gasteiger partial charge in [0.2, 0.25) is 0 Å². The fourth-order valence-electron chi connectivity index (χ4n) is 1.76. The number of aromatic carboxylic acids is 1. The first-order valence-corrected chi connectivity index (χ1v) is 7.98. The number of pyridine rings is 1. The lowest BCUT2D eigenvalue weighted by Gasteiger charge is -2.06. The van der Waals surface area contributed by atoms with Crippen LogP contribution in [0.1, 0.15) is 15.9 Å². The van der Waals surface area contributed by atoms with E-state index in [1.165, 1.54) is 12.3 Å². The van der Waals surface area contributed by atoms with E-state index in [9.17, 15) is 9.59 Å². The highest BCUT2D eigenvalue weighted by Crippen LogP contribution is 2.23. The van der Waals surface area contributed by atoms with Gasteiger partial charge in [-0.25, -0.2) is 9.78 Å². The minimum atomic E-state index is -1.07. The van der Waals surface area contributed by atoms with Gasteiger partial charge in [0.25, 0.3) is 0 Å². The molecule has 1 heterocycles. The average molecular weight is 356 g/mol. The van der Waals surface area contributed by atoms with E-state index < -0.39 is 5.97 Å². The third kappa shape index (κ3) is 4.47. The molecule has 0 aliphatic rings. The zero-order valence-corrected chi connectivity index (χ0v) is 13.6. The molecule has 4 nitrogen and oxygen atoms in total. The van der Waals surface area contributed by atoms with Crippen LogP contribution in [-0.4, -0.2) is 27.6 Å². The molecule has 0 unspecified atom stereocenters. The Morgan fingerprint density at radius 1 is 1.23 bits per heavy atom. The minimum Gasteiger partial charge on any atom is -0.478 e. The first-order valence-electron chi connectivity index (χ1n) is 6.24. The predicted molar refractivity (Wildman–Crippen MR) is 87.1 cm³/mol. The lowest BCUT2D eigenvalue weighted by molar-refractivity contribution is -0.116. The molecule has 7 heteroatoms. The van der Waals surface area contributed by atoms with E-state index >= 15 is 0 Å². The summed E-state index contributed by atoms with van der Waals surface area (Å²) >= 11 is 13.0.